The summed E-state index contributed by atoms with van der Waals surface area (Å²) in [6.07, 6.45) is 0. The summed E-state index contributed by atoms with van der Waals surface area (Å²) < 4.78 is 77.2. The van der Waals surface area contributed by atoms with E-state index in [0.29, 0.717) is 0 Å². The van der Waals surface area contributed by atoms with Gasteiger partial charge in [-0.05, 0) is 0 Å². The molecule has 0 spiro atoms. The third kappa shape index (κ3) is 243. The third-order valence-corrected chi connectivity index (χ3v) is 0. The first-order valence-electron chi connectivity index (χ1n) is 1.84. The Balaban J connectivity index is -0.0000000270. The van der Waals surface area contributed by atoms with E-state index in [1.165, 1.54) is 0 Å². The molecule has 72 valence electrons. The van der Waals surface area contributed by atoms with Gasteiger partial charge in [-0.1, -0.05) is 0 Å². The molecule has 14 heavy (non-hydrogen) atoms. The van der Waals surface area contributed by atoms with E-state index in [-0.39, 0.29) is 75.1 Å². The van der Waals surface area contributed by atoms with Crippen molar-refractivity contribution in [3.63, 3.8) is 0 Å². The van der Waals surface area contributed by atoms with E-state index >= 15 is 0 Å². The van der Waals surface area contributed by atoms with Crippen LogP contribution in [0.2, 0.25) is 0 Å². The van der Waals surface area contributed by atoms with Gasteiger partial charge in [-0.3, -0.25) is 0 Å². The molecule has 0 amide bonds. The number of hydrogen-bond donors (Lipinski definition) is 0. The maximum atomic E-state index is 8.58. The maximum Gasteiger partial charge on any atom is 4.00 e. The molecule has 0 aliphatic heterocycles. The summed E-state index contributed by atoms with van der Waals surface area (Å²) in [5, 5.41) is 0. The summed E-state index contributed by atoms with van der Waals surface area (Å²) in [6, 6.07) is 0. The first kappa shape index (κ1) is 30.6. The van der Waals surface area contributed by atoms with Crippen molar-refractivity contribution in [2.75, 3.05) is 0 Å². The molecule has 0 saturated carbocycles. The summed E-state index contributed by atoms with van der Waals surface area (Å²) in [6.45, 7) is 0. The molecular formula is BaO9Ti3Zr. The molecule has 0 rings (SSSR count). The Morgan fingerprint density at radius 3 is 0.571 bits per heavy atom. The van der Waals surface area contributed by atoms with Gasteiger partial charge in [-0.2, -0.15) is 0 Å². The van der Waals surface area contributed by atoms with Crippen LogP contribution < -0.4 is 22.1 Å². The van der Waals surface area contributed by atoms with Crippen molar-refractivity contribution < 1.29 is 114 Å². The molecule has 0 N–H and O–H groups in total. The molecule has 0 aromatic rings. The summed E-state index contributed by atoms with van der Waals surface area (Å²) in [7, 11) is 0. The minimum absolute atomic E-state index is 0. The van der Waals surface area contributed by atoms with Gasteiger partial charge in [0.05, 0.1) is 0 Å². The van der Waals surface area contributed by atoms with Crippen molar-refractivity contribution in [1.82, 2.24) is 0 Å². The summed E-state index contributed by atoms with van der Waals surface area (Å²) in [5.74, 6) is 0. The zero-order valence-corrected chi connectivity index (χ0v) is 18.0. The molecule has 0 aliphatic carbocycles. The van der Waals surface area contributed by atoms with E-state index in [9.17, 15) is 0 Å². The van der Waals surface area contributed by atoms with Gasteiger partial charge in [-0.15, -0.1) is 0 Å². The van der Waals surface area contributed by atoms with Gasteiger partial charge in [-0.25, -0.2) is 0 Å². The van der Waals surface area contributed by atoms with Crippen LogP contribution in [-0.2, 0) is 92.0 Å². The molecule has 0 bridgehead atoms. The fourth-order valence-electron chi connectivity index (χ4n) is 0. The standard InChI is InChI=1S/Ba.9O.3Ti.Zr/q+2;;;;6*-1;;;;+4. The molecule has 0 unspecified atom stereocenters. The van der Waals surface area contributed by atoms with Crippen LogP contribution in [0.5, 0.6) is 0 Å². The molecule has 0 aliphatic rings. The Morgan fingerprint density at radius 2 is 0.571 bits per heavy atom. The molecule has 0 heterocycles. The van der Waals surface area contributed by atoms with Crippen LogP contribution >= 0.6 is 0 Å². The van der Waals surface area contributed by atoms with Crippen LogP contribution in [0, 0.1) is 0 Å². The normalized spacial score (nSPS) is 5.57. The van der Waals surface area contributed by atoms with Crippen LogP contribution in [0.25, 0.3) is 0 Å². The minimum atomic E-state index is -4.08. The molecule has 9 nitrogen and oxygen atoms in total. The second-order valence-corrected chi connectivity index (χ2v) is 3.09. The van der Waals surface area contributed by atoms with Crippen LogP contribution in [0.1, 0.15) is 0 Å². The molecule has 0 radical (unpaired) electrons. The SMILES string of the molecule is [Ba+2].[O]=[Ti]([O-])[O-].[O]=[Ti]([O-])[O-].[O]=[Ti]([O-])[O-].[Zr+4]. The van der Waals surface area contributed by atoms with Gasteiger partial charge < -0.3 is 0 Å². The molecular weight excluding hydrogens is 516 g/mol. The van der Waals surface area contributed by atoms with Crippen LogP contribution in [-0.4, -0.2) is 48.9 Å². The topological polar surface area (TPSA) is 190 Å². The van der Waals surface area contributed by atoms with E-state index in [4.69, 9.17) is 32.1 Å². The Morgan fingerprint density at radius 1 is 0.571 bits per heavy atom. The van der Waals surface area contributed by atoms with Gasteiger partial charge >= 0.3 is 163 Å². The van der Waals surface area contributed by atoms with Crippen molar-refractivity contribution in [3.05, 3.63) is 0 Å². The van der Waals surface area contributed by atoms with E-state index < -0.39 is 55.8 Å². The van der Waals surface area contributed by atoms with E-state index in [2.05, 4.69) is 0 Å². The minimum Gasteiger partial charge on any atom is 4.00 e. The third-order valence-electron chi connectivity index (χ3n) is 0. The van der Waals surface area contributed by atoms with E-state index in [1.54, 1.807) is 0 Å². The summed E-state index contributed by atoms with van der Waals surface area (Å²) >= 11 is -12.2. The fourth-order valence-corrected chi connectivity index (χ4v) is 0. The molecule has 0 aromatic carbocycles. The van der Waals surface area contributed by atoms with E-state index in [0.717, 1.165) is 0 Å². The van der Waals surface area contributed by atoms with Crippen molar-refractivity contribution >= 4 is 48.9 Å². The Kier molecular flexibility index (Phi) is 55.9. The second-order valence-electron chi connectivity index (χ2n) is 0.750. The summed E-state index contributed by atoms with van der Waals surface area (Å²) in [4.78, 5) is 0. The molecule has 14 heteroatoms. The smallest absolute Gasteiger partial charge is 4.00 e. The largest absolute Gasteiger partial charge is 4.00 e. The van der Waals surface area contributed by atoms with Crippen LogP contribution in [0.15, 0.2) is 0 Å². The zero-order valence-electron chi connectivity index (χ0n) is 6.38. The van der Waals surface area contributed by atoms with Crippen molar-refractivity contribution in [2.45, 2.75) is 0 Å². The number of hydrogen-bond acceptors (Lipinski definition) is 9. The fraction of sp³-hybridized carbons (Fsp3) is 0. The van der Waals surface area contributed by atoms with Crippen LogP contribution in [0.3, 0.4) is 0 Å². The Bertz CT molecular complexity index is 118. The number of rotatable bonds is 0. The molecule has 0 atom stereocenters. The quantitative estimate of drug-likeness (QED) is 0.282. The Hall–Kier alpha value is 3.76. The average Bonchev–Trinajstić information content (AvgIpc) is 1.54. The Labute approximate surface area is 159 Å². The zero-order chi connectivity index (χ0) is 10.7. The van der Waals surface area contributed by atoms with Gasteiger partial charge in [0.15, 0.2) is 0 Å². The van der Waals surface area contributed by atoms with Crippen molar-refractivity contribution in [1.29, 1.82) is 0 Å². The molecule has 0 fully saturated rings. The van der Waals surface area contributed by atoms with Gasteiger partial charge in [0, 0.05) is 0 Å². The first-order valence-corrected chi connectivity index (χ1v) is 7.57. The monoisotopic (exact) mass is 516 g/mol. The van der Waals surface area contributed by atoms with Crippen molar-refractivity contribution in [3.8, 4) is 0 Å². The molecule has 0 saturated heterocycles. The molecule has 0 aromatic heterocycles. The van der Waals surface area contributed by atoms with Gasteiger partial charge in [0.25, 0.3) is 0 Å². The van der Waals surface area contributed by atoms with Gasteiger partial charge in [0.2, 0.25) is 0 Å². The summed E-state index contributed by atoms with van der Waals surface area (Å²) in [5.41, 5.74) is 0. The average molecular weight is 516 g/mol. The predicted octanol–water partition coefficient (Wildman–Crippen LogP) is -7.88. The first-order chi connectivity index (χ1) is 5.20. The van der Waals surface area contributed by atoms with Crippen molar-refractivity contribution in [2.24, 2.45) is 0 Å². The maximum absolute atomic E-state index is 8.58. The predicted molar refractivity (Wildman–Crippen MR) is 7.81 cm³/mol. The van der Waals surface area contributed by atoms with Gasteiger partial charge in [0.1, 0.15) is 0 Å². The van der Waals surface area contributed by atoms with Crippen LogP contribution in [0.4, 0.5) is 0 Å². The van der Waals surface area contributed by atoms with E-state index in [1.807, 2.05) is 0 Å². The second kappa shape index (κ2) is 25.6.